The second-order valence-corrected chi connectivity index (χ2v) is 5.18. The third-order valence-corrected chi connectivity index (χ3v) is 4.00. The largest absolute Gasteiger partial charge is 0.454 e. The van der Waals surface area contributed by atoms with Crippen LogP contribution in [0.2, 0.25) is 0 Å². The van der Waals surface area contributed by atoms with Crippen molar-refractivity contribution in [3.8, 4) is 11.5 Å². The van der Waals surface area contributed by atoms with Gasteiger partial charge in [0.1, 0.15) is 0 Å². The van der Waals surface area contributed by atoms with Gasteiger partial charge in [0.15, 0.2) is 11.5 Å². The average Bonchev–Trinajstić information content (AvgIpc) is 2.86. The first kappa shape index (κ1) is 11.7. The fourth-order valence-electron chi connectivity index (χ4n) is 2.70. The van der Waals surface area contributed by atoms with Crippen LogP contribution in [0.25, 0.3) is 0 Å². The molecule has 1 saturated heterocycles. The normalized spacial score (nSPS) is 20.1. The Balaban J connectivity index is 1.74. The van der Waals surface area contributed by atoms with Crippen LogP contribution in [0.1, 0.15) is 12.8 Å². The smallest absolute Gasteiger partial charge is 0.231 e. The van der Waals surface area contributed by atoms with E-state index in [1.807, 2.05) is 6.07 Å². The molecule has 2 heterocycles. The van der Waals surface area contributed by atoms with E-state index in [4.69, 9.17) is 9.47 Å². The molecule has 0 saturated carbocycles. The summed E-state index contributed by atoms with van der Waals surface area (Å²) in [6.45, 7) is 2.70. The summed E-state index contributed by atoms with van der Waals surface area (Å²) in [5.74, 6) is 1.72. The lowest BCUT2D eigenvalue weighted by atomic mass is 10.0. The van der Waals surface area contributed by atoms with E-state index in [0.29, 0.717) is 12.8 Å². The van der Waals surface area contributed by atoms with Gasteiger partial charge in [0, 0.05) is 24.8 Å². The number of benzene rings is 1. The fourth-order valence-corrected chi connectivity index (χ4v) is 2.70. The fraction of sp³-hybridized carbons (Fsp3) is 0.571. The van der Waals surface area contributed by atoms with Gasteiger partial charge in [0.05, 0.1) is 0 Å². The van der Waals surface area contributed by atoms with Crippen molar-refractivity contribution in [3.63, 3.8) is 0 Å². The van der Waals surface area contributed by atoms with Crippen LogP contribution in [-0.4, -0.2) is 44.9 Å². The Labute approximate surface area is 108 Å². The van der Waals surface area contributed by atoms with Crippen LogP contribution in [0.15, 0.2) is 18.2 Å². The number of nitrogens with zero attached hydrogens (tertiary/aromatic N) is 2. The molecule has 0 amide bonds. The Bertz CT molecular complexity index is 428. The van der Waals surface area contributed by atoms with Gasteiger partial charge in [-0.05, 0) is 45.1 Å². The van der Waals surface area contributed by atoms with Gasteiger partial charge >= 0.3 is 0 Å². The minimum absolute atomic E-state index is 0.344. The van der Waals surface area contributed by atoms with Crippen molar-refractivity contribution in [3.05, 3.63) is 18.2 Å². The molecule has 1 fully saturated rings. The van der Waals surface area contributed by atoms with E-state index in [1.165, 1.54) is 31.6 Å². The lowest BCUT2D eigenvalue weighted by Gasteiger charge is -2.36. The molecule has 0 radical (unpaired) electrons. The lowest BCUT2D eigenvalue weighted by Crippen LogP contribution is -2.41. The van der Waals surface area contributed by atoms with Crippen LogP contribution in [0.5, 0.6) is 11.5 Å². The molecule has 18 heavy (non-hydrogen) atoms. The molecule has 0 spiro atoms. The molecule has 1 aromatic carbocycles. The highest BCUT2D eigenvalue weighted by molar-refractivity contribution is 5.57. The maximum absolute atomic E-state index is 5.44. The van der Waals surface area contributed by atoms with Crippen LogP contribution < -0.4 is 14.4 Å². The van der Waals surface area contributed by atoms with Crippen molar-refractivity contribution in [1.82, 2.24) is 4.90 Å². The van der Waals surface area contributed by atoms with Crippen molar-refractivity contribution in [2.75, 3.05) is 38.9 Å². The van der Waals surface area contributed by atoms with Crippen LogP contribution in [-0.2, 0) is 0 Å². The van der Waals surface area contributed by atoms with Crippen molar-refractivity contribution in [1.29, 1.82) is 0 Å². The lowest BCUT2D eigenvalue weighted by molar-refractivity contribution is 0.174. The summed E-state index contributed by atoms with van der Waals surface area (Å²) in [6, 6.07) is 6.83. The number of likely N-dealkylation sites (tertiary alicyclic amines) is 1. The molecule has 0 bridgehead atoms. The zero-order chi connectivity index (χ0) is 12.5. The molecule has 3 rings (SSSR count). The minimum Gasteiger partial charge on any atom is -0.454 e. The zero-order valence-electron chi connectivity index (χ0n) is 11.1. The number of piperidine rings is 1. The van der Waals surface area contributed by atoms with Gasteiger partial charge in [0.2, 0.25) is 6.79 Å². The molecule has 98 valence electrons. The average molecular weight is 248 g/mol. The molecule has 0 atom stereocenters. The molecule has 1 aromatic rings. The molecule has 2 aliphatic heterocycles. The topological polar surface area (TPSA) is 24.9 Å². The van der Waals surface area contributed by atoms with Gasteiger partial charge < -0.3 is 19.3 Å². The molecule has 0 aliphatic carbocycles. The highest BCUT2D eigenvalue weighted by atomic mass is 16.7. The van der Waals surface area contributed by atoms with Crippen LogP contribution >= 0.6 is 0 Å². The van der Waals surface area contributed by atoms with E-state index < -0.39 is 0 Å². The number of hydrogen-bond donors (Lipinski definition) is 0. The minimum atomic E-state index is 0.344. The first-order chi connectivity index (χ1) is 8.74. The quantitative estimate of drug-likeness (QED) is 0.798. The Morgan fingerprint density at radius 1 is 1.17 bits per heavy atom. The highest BCUT2D eigenvalue weighted by Gasteiger charge is 2.22. The summed E-state index contributed by atoms with van der Waals surface area (Å²) in [6.07, 6.45) is 2.45. The number of fused-ring (bicyclic) bond motifs is 1. The Morgan fingerprint density at radius 3 is 2.67 bits per heavy atom. The molecular weight excluding hydrogens is 228 g/mol. The summed E-state index contributed by atoms with van der Waals surface area (Å²) in [7, 11) is 4.37. The summed E-state index contributed by atoms with van der Waals surface area (Å²) in [5, 5.41) is 0. The number of ether oxygens (including phenoxy) is 2. The van der Waals surface area contributed by atoms with Crippen molar-refractivity contribution in [2.24, 2.45) is 0 Å². The van der Waals surface area contributed by atoms with E-state index in [9.17, 15) is 0 Å². The maximum atomic E-state index is 5.44. The van der Waals surface area contributed by atoms with Crippen molar-refractivity contribution >= 4 is 5.69 Å². The van der Waals surface area contributed by atoms with Crippen molar-refractivity contribution < 1.29 is 9.47 Å². The van der Waals surface area contributed by atoms with Crippen LogP contribution in [0.3, 0.4) is 0 Å². The maximum Gasteiger partial charge on any atom is 0.231 e. The number of rotatable bonds is 2. The van der Waals surface area contributed by atoms with Crippen LogP contribution in [0, 0.1) is 0 Å². The SMILES string of the molecule is CN1CCC(N(C)c2ccc3c(c2)OCO3)CC1. The molecule has 4 nitrogen and oxygen atoms in total. The molecule has 0 N–H and O–H groups in total. The molecule has 0 unspecified atom stereocenters. The van der Waals surface area contributed by atoms with E-state index >= 15 is 0 Å². The van der Waals surface area contributed by atoms with Crippen molar-refractivity contribution in [2.45, 2.75) is 18.9 Å². The highest BCUT2D eigenvalue weighted by Crippen LogP contribution is 2.36. The molecular formula is C14H20N2O2. The van der Waals surface area contributed by atoms with Gasteiger partial charge in [-0.25, -0.2) is 0 Å². The standard InChI is InChI=1S/C14H20N2O2/c1-15-7-5-11(6-8-15)16(2)12-3-4-13-14(9-12)18-10-17-13/h3-4,9,11H,5-8,10H2,1-2H3. The third-order valence-electron chi connectivity index (χ3n) is 4.00. The number of hydrogen-bond acceptors (Lipinski definition) is 4. The van der Waals surface area contributed by atoms with Gasteiger partial charge in [-0.15, -0.1) is 0 Å². The molecule has 0 aromatic heterocycles. The van der Waals surface area contributed by atoms with Crippen LogP contribution in [0.4, 0.5) is 5.69 Å². The Kier molecular flexibility index (Phi) is 3.04. The summed E-state index contributed by atoms with van der Waals surface area (Å²) < 4.78 is 10.8. The van der Waals surface area contributed by atoms with Gasteiger partial charge in [-0.1, -0.05) is 0 Å². The predicted molar refractivity (Wildman–Crippen MR) is 71.5 cm³/mol. The van der Waals surface area contributed by atoms with E-state index in [0.717, 1.165) is 11.5 Å². The monoisotopic (exact) mass is 248 g/mol. The Morgan fingerprint density at radius 2 is 1.89 bits per heavy atom. The van der Waals surface area contributed by atoms with Gasteiger partial charge in [-0.2, -0.15) is 0 Å². The first-order valence-corrected chi connectivity index (χ1v) is 6.55. The molecule has 2 aliphatic rings. The van der Waals surface area contributed by atoms with E-state index in [2.05, 4.69) is 36.0 Å². The Hall–Kier alpha value is -1.42. The van der Waals surface area contributed by atoms with E-state index in [-0.39, 0.29) is 0 Å². The van der Waals surface area contributed by atoms with Gasteiger partial charge in [0.25, 0.3) is 0 Å². The number of anilines is 1. The predicted octanol–water partition coefficient (Wildman–Crippen LogP) is 1.95. The second kappa shape index (κ2) is 4.69. The first-order valence-electron chi connectivity index (χ1n) is 6.55. The summed E-state index contributed by atoms with van der Waals surface area (Å²) >= 11 is 0. The summed E-state index contributed by atoms with van der Waals surface area (Å²) in [5.41, 5.74) is 1.22. The second-order valence-electron chi connectivity index (χ2n) is 5.18. The zero-order valence-corrected chi connectivity index (χ0v) is 11.1. The van der Waals surface area contributed by atoms with E-state index in [1.54, 1.807) is 0 Å². The van der Waals surface area contributed by atoms with Gasteiger partial charge in [-0.3, -0.25) is 0 Å². The third kappa shape index (κ3) is 2.12. The summed E-state index contributed by atoms with van der Waals surface area (Å²) in [4.78, 5) is 4.76. The molecule has 4 heteroatoms.